The summed E-state index contributed by atoms with van der Waals surface area (Å²) in [6.07, 6.45) is 0.450. The van der Waals surface area contributed by atoms with E-state index in [1.165, 1.54) is 0 Å². The van der Waals surface area contributed by atoms with E-state index in [0.717, 1.165) is 35.1 Å². The summed E-state index contributed by atoms with van der Waals surface area (Å²) in [7, 11) is 0. The van der Waals surface area contributed by atoms with Crippen molar-refractivity contribution < 1.29 is 29.0 Å². The van der Waals surface area contributed by atoms with Crippen molar-refractivity contribution in [1.29, 1.82) is 0 Å². The molecule has 3 unspecified atom stereocenters. The first-order chi connectivity index (χ1) is 16.0. The molecule has 0 aromatic heterocycles. The van der Waals surface area contributed by atoms with E-state index < -0.39 is 36.2 Å². The molecule has 8 nitrogen and oxygen atoms in total. The Morgan fingerprint density at radius 3 is 2.24 bits per heavy atom. The number of ether oxygens (including phenoxy) is 2. The maximum atomic E-state index is 12.6. The van der Waals surface area contributed by atoms with Crippen LogP contribution in [-0.4, -0.2) is 54.5 Å². The lowest BCUT2D eigenvalue weighted by molar-refractivity contribution is -0.144. The third-order valence-electron chi connectivity index (χ3n) is 6.65. The Morgan fingerprint density at radius 2 is 1.64 bits per heavy atom. The van der Waals surface area contributed by atoms with Crippen LogP contribution in [0.3, 0.4) is 0 Å². The molecule has 1 saturated heterocycles. The predicted molar refractivity (Wildman–Crippen MR) is 119 cm³/mol. The molecular weight excluding hydrogens is 424 g/mol. The Morgan fingerprint density at radius 1 is 1.00 bits per heavy atom. The highest BCUT2D eigenvalue weighted by atomic mass is 16.6. The highest BCUT2D eigenvalue weighted by Crippen LogP contribution is 2.44. The second-order valence-electron chi connectivity index (χ2n) is 8.82. The standard InChI is InChI=1S/C25H26N2O6/c28-23(27-21(24(29)30)14-9-10-14)22-20(11-12-32-22)26-25(31)33-13-19-17-7-3-1-5-15(17)16-6-2-4-8-18(16)19/h1-8,14,19-22H,9-13H2,(H,26,31)(H,27,28)(H,29,30). The normalized spacial score (nSPS) is 22.2. The molecule has 8 heteroatoms. The lowest BCUT2D eigenvalue weighted by atomic mass is 9.98. The van der Waals surface area contributed by atoms with E-state index in [4.69, 9.17) is 9.47 Å². The minimum atomic E-state index is -1.05. The highest BCUT2D eigenvalue weighted by molar-refractivity contribution is 5.88. The molecule has 5 rings (SSSR count). The van der Waals surface area contributed by atoms with Gasteiger partial charge in [0.05, 0.1) is 6.04 Å². The van der Waals surface area contributed by atoms with E-state index >= 15 is 0 Å². The molecule has 2 aromatic carbocycles. The van der Waals surface area contributed by atoms with Crippen LogP contribution in [0, 0.1) is 5.92 Å². The van der Waals surface area contributed by atoms with Gasteiger partial charge in [0.25, 0.3) is 5.91 Å². The van der Waals surface area contributed by atoms with Gasteiger partial charge >= 0.3 is 12.1 Å². The summed E-state index contributed by atoms with van der Waals surface area (Å²) < 4.78 is 11.1. The quantitative estimate of drug-likeness (QED) is 0.598. The first-order valence-electron chi connectivity index (χ1n) is 11.3. The molecule has 0 spiro atoms. The molecule has 0 bridgehead atoms. The number of fused-ring (bicyclic) bond motifs is 3. The number of rotatable bonds is 7. The molecule has 1 saturated carbocycles. The summed E-state index contributed by atoms with van der Waals surface area (Å²) in [6, 6.07) is 14.7. The molecule has 1 heterocycles. The topological polar surface area (TPSA) is 114 Å². The van der Waals surface area contributed by atoms with Gasteiger partial charge in [-0.25, -0.2) is 9.59 Å². The van der Waals surface area contributed by atoms with Crippen LogP contribution >= 0.6 is 0 Å². The van der Waals surface area contributed by atoms with E-state index in [1.807, 2.05) is 36.4 Å². The van der Waals surface area contributed by atoms with E-state index in [9.17, 15) is 19.5 Å². The number of carboxylic acids is 1. The van der Waals surface area contributed by atoms with Crippen LogP contribution in [0.5, 0.6) is 0 Å². The lowest BCUT2D eigenvalue weighted by Gasteiger charge is -2.22. The van der Waals surface area contributed by atoms with Gasteiger partial charge in [-0.2, -0.15) is 0 Å². The van der Waals surface area contributed by atoms with Gasteiger partial charge in [0, 0.05) is 12.5 Å². The summed E-state index contributed by atoms with van der Waals surface area (Å²) in [6.45, 7) is 0.473. The molecule has 33 heavy (non-hydrogen) atoms. The molecule has 2 aromatic rings. The van der Waals surface area contributed by atoms with Crippen LogP contribution in [0.4, 0.5) is 4.79 Å². The number of alkyl carbamates (subject to hydrolysis) is 1. The maximum absolute atomic E-state index is 12.6. The van der Waals surface area contributed by atoms with Crippen LogP contribution in [-0.2, 0) is 19.1 Å². The fraction of sp³-hybridized carbons (Fsp3) is 0.400. The lowest BCUT2D eigenvalue weighted by Crippen LogP contribution is -2.52. The zero-order valence-electron chi connectivity index (χ0n) is 18.0. The Bertz CT molecular complexity index is 1040. The highest BCUT2D eigenvalue weighted by Gasteiger charge is 2.42. The van der Waals surface area contributed by atoms with Crippen LogP contribution in [0.15, 0.2) is 48.5 Å². The van der Waals surface area contributed by atoms with Gasteiger partial charge in [0.2, 0.25) is 0 Å². The zero-order valence-corrected chi connectivity index (χ0v) is 18.0. The minimum Gasteiger partial charge on any atom is -0.480 e. The number of aliphatic carboxylic acids is 1. The Kier molecular flexibility index (Phi) is 5.76. The molecular formula is C25H26N2O6. The Hall–Kier alpha value is -3.39. The number of nitrogens with one attached hydrogen (secondary N) is 2. The fourth-order valence-corrected chi connectivity index (χ4v) is 4.83. The number of benzene rings is 2. The van der Waals surface area contributed by atoms with Gasteiger partial charge in [0.15, 0.2) is 6.10 Å². The molecule has 3 aliphatic rings. The first kappa shape index (κ1) is 21.5. The monoisotopic (exact) mass is 450 g/mol. The second-order valence-corrected chi connectivity index (χ2v) is 8.82. The van der Waals surface area contributed by atoms with Gasteiger partial charge in [-0.15, -0.1) is 0 Å². The third kappa shape index (κ3) is 4.30. The van der Waals surface area contributed by atoms with Crippen LogP contribution in [0.2, 0.25) is 0 Å². The SMILES string of the molecule is O=C(NC1CCOC1C(=O)NC(C(=O)O)C1CC1)OCC1c2ccccc2-c2ccccc21. The average Bonchev–Trinajstić information content (AvgIpc) is 3.46. The van der Waals surface area contributed by atoms with Crippen molar-refractivity contribution in [3.8, 4) is 11.1 Å². The van der Waals surface area contributed by atoms with E-state index in [-0.39, 0.29) is 18.4 Å². The molecule has 3 N–H and O–H groups in total. The summed E-state index contributed by atoms with van der Waals surface area (Å²) >= 11 is 0. The molecule has 0 radical (unpaired) electrons. The van der Waals surface area contributed by atoms with Crippen molar-refractivity contribution >= 4 is 18.0 Å². The van der Waals surface area contributed by atoms with Crippen molar-refractivity contribution in [1.82, 2.24) is 10.6 Å². The Balaban J connectivity index is 1.20. The van der Waals surface area contributed by atoms with E-state index in [0.29, 0.717) is 13.0 Å². The smallest absolute Gasteiger partial charge is 0.407 e. The number of amides is 2. The van der Waals surface area contributed by atoms with Gasteiger partial charge in [-0.1, -0.05) is 48.5 Å². The fourth-order valence-electron chi connectivity index (χ4n) is 4.83. The molecule has 2 fully saturated rings. The van der Waals surface area contributed by atoms with Crippen LogP contribution in [0.1, 0.15) is 36.3 Å². The van der Waals surface area contributed by atoms with E-state index in [1.54, 1.807) is 0 Å². The summed E-state index contributed by atoms with van der Waals surface area (Å²) in [5, 5.41) is 14.7. The number of hydrogen-bond donors (Lipinski definition) is 3. The summed E-state index contributed by atoms with van der Waals surface area (Å²) in [5.41, 5.74) is 4.53. The average molecular weight is 450 g/mol. The summed E-state index contributed by atoms with van der Waals surface area (Å²) in [5.74, 6) is -1.67. The number of carbonyl (C=O) groups excluding carboxylic acids is 2. The zero-order chi connectivity index (χ0) is 22.9. The van der Waals surface area contributed by atoms with Crippen LogP contribution < -0.4 is 10.6 Å². The number of carbonyl (C=O) groups is 3. The van der Waals surface area contributed by atoms with Crippen molar-refractivity contribution in [3.05, 3.63) is 59.7 Å². The third-order valence-corrected chi connectivity index (χ3v) is 6.65. The van der Waals surface area contributed by atoms with Crippen molar-refractivity contribution in [2.24, 2.45) is 5.92 Å². The summed E-state index contributed by atoms with van der Waals surface area (Å²) in [4.78, 5) is 36.6. The Labute approximate surface area is 191 Å². The molecule has 1 aliphatic heterocycles. The second kappa shape index (κ2) is 8.86. The maximum Gasteiger partial charge on any atom is 0.407 e. The molecule has 2 amide bonds. The van der Waals surface area contributed by atoms with Gasteiger partial charge in [-0.05, 0) is 47.4 Å². The first-order valence-corrected chi connectivity index (χ1v) is 11.3. The number of hydrogen-bond acceptors (Lipinski definition) is 5. The van der Waals surface area contributed by atoms with Gasteiger partial charge in [-0.3, -0.25) is 4.79 Å². The molecule has 2 aliphatic carbocycles. The molecule has 172 valence electrons. The van der Waals surface area contributed by atoms with Gasteiger partial charge in [0.1, 0.15) is 12.6 Å². The van der Waals surface area contributed by atoms with Crippen molar-refractivity contribution in [2.75, 3.05) is 13.2 Å². The van der Waals surface area contributed by atoms with Gasteiger partial charge < -0.3 is 25.2 Å². The van der Waals surface area contributed by atoms with Crippen molar-refractivity contribution in [3.63, 3.8) is 0 Å². The minimum absolute atomic E-state index is 0.0404. The van der Waals surface area contributed by atoms with Crippen LogP contribution in [0.25, 0.3) is 11.1 Å². The predicted octanol–water partition coefficient (Wildman–Crippen LogP) is 2.66. The number of carboxylic acid groups (broad SMARTS) is 1. The van der Waals surface area contributed by atoms with Crippen molar-refractivity contribution in [2.45, 2.75) is 43.4 Å². The van der Waals surface area contributed by atoms with E-state index in [2.05, 4.69) is 22.8 Å². The largest absolute Gasteiger partial charge is 0.480 e. The molecule has 3 atom stereocenters.